The van der Waals surface area contributed by atoms with Crippen LogP contribution in [0.3, 0.4) is 0 Å². The number of aromatic amines is 1. The van der Waals surface area contributed by atoms with E-state index in [0.29, 0.717) is 47.7 Å². The summed E-state index contributed by atoms with van der Waals surface area (Å²) in [5, 5.41) is 6.67. The fourth-order valence-corrected chi connectivity index (χ4v) is 5.00. The van der Waals surface area contributed by atoms with Crippen molar-refractivity contribution in [3.05, 3.63) is 54.0 Å². The average Bonchev–Trinajstić information content (AvgIpc) is 3.53. The molecule has 1 aliphatic heterocycles. The van der Waals surface area contributed by atoms with Crippen LogP contribution in [-0.2, 0) is 11.8 Å². The molecule has 0 aliphatic carbocycles. The molecule has 1 amide bonds. The van der Waals surface area contributed by atoms with Crippen molar-refractivity contribution in [2.24, 2.45) is 7.05 Å². The number of aromatic nitrogens is 5. The van der Waals surface area contributed by atoms with E-state index in [4.69, 9.17) is 24.2 Å². The first-order valence-electron chi connectivity index (χ1n) is 13.2. The molecule has 4 heterocycles. The van der Waals surface area contributed by atoms with Gasteiger partial charge in [-0.25, -0.2) is 4.98 Å². The van der Waals surface area contributed by atoms with Gasteiger partial charge in [-0.05, 0) is 42.8 Å². The Labute approximate surface area is 230 Å². The van der Waals surface area contributed by atoms with E-state index in [-0.39, 0.29) is 12.0 Å². The van der Waals surface area contributed by atoms with Crippen LogP contribution in [0.5, 0.6) is 11.6 Å². The third kappa shape index (κ3) is 4.68. The van der Waals surface area contributed by atoms with Gasteiger partial charge in [0.25, 0.3) is 5.91 Å². The molecule has 0 saturated carbocycles. The first kappa shape index (κ1) is 25.6. The van der Waals surface area contributed by atoms with Crippen LogP contribution >= 0.6 is 0 Å². The molecule has 1 saturated heterocycles. The van der Waals surface area contributed by atoms with Crippen LogP contribution in [0.25, 0.3) is 33.2 Å². The molecule has 2 aromatic carbocycles. The summed E-state index contributed by atoms with van der Waals surface area (Å²) < 4.78 is 19.7. The monoisotopic (exact) mass is 541 g/mol. The third-order valence-electron chi connectivity index (χ3n) is 7.30. The van der Waals surface area contributed by atoms with E-state index in [2.05, 4.69) is 37.3 Å². The SMILES string of the molecule is CNC(=O)c1ccc(Nc2nc(OC3CCOCC3)c3c(-c4ccc5nc(C)n(C)c5c4)c[nH]c3n2)c(OC)c1. The Balaban J connectivity index is 1.43. The molecule has 0 bridgehead atoms. The summed E-state index contributed by atoms with van der Waals surface area (Å²) in [4.78, 5) is 29.6. The second kappa shape index (κ2) is 10.5. The highest BCUT2D eigenvalue weighted by atomic mass is 16.5. The van der Waals surface area contributed by atoms with E-state index in [0.717, 1.165) is 46.2 Å². The summed E-state index contributed by atoms with van der Waals surface area (Å²) in [5.41, 5.74) is 5.68. The highest BCUT2D eigenvalue weighted by Crippen LogP contribution is 2.37. The molecule has 1 fully saturated rings. The molecule has 0 radical (unpaired) electrons. The first-order valence-corrected chi connectivity index (χ1v) is 13.2. The van der Waals surface area contributed by atoms with Crippen molar-refractivity contribution in [3.8, 4) is 22.8 Å². The molecule has 206 valence electrons. The normalized spacial score (nSPS) is 14.0. The Morgan fingerprint density at radius 3 is 2.73 bits per heavy atom. The molecule has 0 atom stereocenters. The molecule has 5 aromatic rings. The fraction of sp³-hybridized carbons (Fsp3) is 0.310. The number of imidazole rings is 1. The zero-order valence-corrected chi connectivity index (χ0v) is 22.9. The number of carbonyl (C=O) groups is 1. The number of H-pyrrole nitrogens is 1. The van der Waals surface area contributed by atoms with Gasteiger partial charge >= 0.3 is 0 Å². The predicted octanol–water partition coefficient (Wildman–Crippen LogP) is 4.49. The third-order valence-corrected chi connectivity index (χ3v) is 7.30. The van der Waals surface area contributed by atoms with Gasteiger partial charge in [0.15, 0.2) is 0 Å². The standard InChI is InChI=1S/C29H31N7O4/c1-16-32-21-7-5-17(13-23(21)36(16)3)20-15-31-26-25(20)28(40-19-9-11-39-12-10-19)35-29(34-26)33-22-8-6-18(27(37)30-2)14-24(22)38-4/h5-8,13-15,19H,9-12H2,1-4H3,(H,30,37)(H2,31,33,34,35). The predicted molar refractivity (Wildman–Crippen MR) is 152 cm³/mol. The Hall–Kier alpha value is -4.64. The van der Waals surface area contributed by atoms with Gasteiger partial charge in [-0.2, -0.15) is 9.97 Å². The number of fused-ring (bicyclic) bond motifs is 2. The van der Waals surface area contributed by atoms with Crippen LogP contribution in [0.2, 0.25) is 0 Å². The lowest BCUT2D eigenvalue weighted by Crippen LogP contribution is -2.26. The Kier molecular flexibility index (Phi) is 6.72. The van der Waals surface area contributed by atoms with Gasteiger partial charge in [-0.3, -0.25) is 4.79 Å². The van der Waals surface area contributed by atoms with Gasteiger partial charge in [0.1, 0.15) is 23.3 Å². The lowest BCUT2D eigenvalue weighted by atomic mass is 10.1. The molecule has 3 N–H and O–H groups in total. The summed E-state index contributed by atoms with van der Waals surface area (Å²) in [5.74, 6) is 2.06. The van der Waals surface area contributed by atoms with Gasteiger partial charge in [0.2, 0.25) is 11.8 Å². The number of carbonyl (C=O) groups excluding carboxylic acids is 1. The van der Waals surface area contributed by atoms with Crippen molar-refractivity contribution in [1.29, 1.82) is 0 Å². The minimum Gasteiger partial charge on any atom is -0.495 e. The maximum absolute atomic E-state index is 12.1. The van der Waals surface area contributed by atoms with Crippen LogP contribution in [0.4, 0.5) is 11.6 Å². The number of nitrogens with one attached hydrogen (secondary N) is 3. The number of anilines is 2. The van der Waals surface area contributed by atoms with Crippen molar-refractivity contribution < 1.29 is 19.0 Å². The lowest BCUT2D eigenvalue weighted by molar-refractivity contribution is 0.0244. The van der Waals surface area contributed by atoms with Crippen LogP contribution in [0.1, 0.15) is 29.0 Å². The van der Waals surface area contributed by atoms with Gasteiger partial charge in [-0.15, -0.1) is 0 Å². The maximum Gasteiger partial charge on any atom is 0.251 e. The molecule has 0 spiro atoms. The van der Waals surface area contributed by atoms with Crippen molar-refractivity contribution >= 4 is 39.6 Å². The van der Waals surface area contributed by atoms with Crippen LogP contribution in [0, 0.1) is 6.92 Å². The van der Waals surface area contributed by atoms with Crippen LogP contribution in [-0.4, -0.2) is 63.9 Å². The zero-order chi connectivity index (χ0) is 27.8. The van der Waals surface area contributed by atoms with Crippen molar-refractivity contribution in [2.45, 2.75) is 25.9 Å². The molecular weight excluding hydrogens is 510 g/mol. The lowest BCUT2D eigenvalue weighted by Gasteiger charge is -2.23. The molecule has 40 heavy (non-hydrogen) atoms. The van der Waals surface area contributed by atoms with Crippen LogP contribution < -0.4 is 20.1 Å². The van der Waals surface area contributed by atoms with Gasteiger partial charge in [0, 0.05) is 44.3 Å². The molecule has 6 rings (SSSR count). The molecule has 1 aliphatic rings. The summed E-state index contributed by atoms with van der Waals surface area (Å²) in [6.07, 6.45) is 3.47. The number of rotatable bonds is 7. The van der Waals surface area contributed by atoms with E-state index < -0.39 is 0 Å². The number of amides is 1. The summed E-state index contributed by atoms with van der Waals surface area (Å²) >= 11 is 0. The highest BCUT2D eigenvalue weighted by molar-refractivity contribution is 5.99. The minimum atomic E-state index is -0.201. The second-order valence-corrected chi connectivity index (χ2v) is 9.75. The Morgan fingerprint density at radius 2 is 1.95 bits per heavy atom. The van der Waals surface area contributed by atoms with E-state index >= 15 is 0 Å². The number of ether oxygens (including phenoxy) is 3. The average molecular weight is 542 g/mol. The molecule has 11 heteroatoms. The van der Waals surface area contributed by atoms with E-state index in [1.807, 2.05) is 26.2 Å². The Morgan fingerprint density at radius 1 is 1.12 bits per heavy atom. The van der Waals surface area contributed by atoms with Gasteiger partial charge in [0.05, 0.1) is 42.4 Å². The zero-order valence-electron chi connectivity index (χ0n) is 22.9. The number of benzene rings is 2. The quantitative estimate of drug-likeness (QED) is 0.275. The fourth-order valence-electron chi connectivity index (χ4n) is 5.00. The van der Waals surface area contributed by atoms with E-state index in [9.17, 15) is 4.79 Å². The van der Waals surface area contributed by atoms with Crippen molar-refractivity contribution in [3.63, 3.8) is 0 Å². The molecule has 11 nitrogen and oxygen atoms in total. The van der Waals surface area contributed by atoms with Crippen molar-refractivity contribution in [1.82, 2.24) is 29.8 Å². The number of aryl methyl sites for hydroxylation is 2. The summed E-state index contributed by atoms with van der Waals surface area (Å²) in [7, 11) is 5.15. The van der Waals surface area contributed by atoms with E-state index in [1.54, 1.807) is 32.4 Å². The highest BCUT2D eigenvalue weighted by Gasteiger charge is 2.23. The largest absolute Gasteiger partial charge is 0.495 e. The summed E-state index contributed by atoms with van der Waals surface area (Å²) in [6.45, 7) is 3.29. The number of hydrogen-bond acceptors (Lipinski definition) is 8. The maximum atomic E-state index is 12.1. The Bertz CT molecular complexity index is 1720. The van der Waals surface area contributed by atoms with Crippen molar-refractivity contribution in [2.75, 3.05) is 32.7 Å². The second-order valence-electron chi connectivity index (χ2n) is 9.75. The van der Waals surface area contributed by atoms with Gasteiger partial charge < -0.3 is 34.4 Å². The number of nitrogens with zero attached hydrogens (tertiary/aromatic N) is 4. The molecule has 3 aromatic heterocycles. The number of hydrogen-bond donors (Lipinski definition) is 3. The van der Waals surface area contributed by atoms with E-state index in [1.165, 1.54) is 0 Å². The molecular formula is C29H31N7O4. The summed E-state index contributed by atoms with van der Waals surface area (Å²) in [6, 6.07) is 11.4. The minimum absolute atomic E-state index is 0.0222. The molecule has 0 unspecified atom stereocenters. The first-order chi connectivity index (χ1) is 19.4. The number of methoxy groups -OCH3 is 1. The van der Waals surface area contributed by atoms with Crippen LogP contribution in [0.15, 0.2) is 42.6 Å². The smallest absolute Gasteiger partial charge is 0.251 e. The topological polar surface area (TPSA) is 128 Å². The van der Waals surface area contributed by atoms with Gasteiger partial charge in [-0.1, -0.05) is 6.07 Å².